The van der Waals surface area contributed by atoms with Crippen LogP contribution in [-0.2, 0) is 6.54 Å². The third kappa shape index (κ3) is 3.58. The van der Waals surface area contributed by atoms with Crippen LogP contribution < -0.4 is 11.0 Å². The number of hydrogen-bond donors (Lipinski definition) is 1. The Morgan fingerprint density at radius 3 is 2.48 bits per heavy atom. The molecule has 112 valence electrons. The molecule has 0 aliphatic heterocycles. The number of nitrogens with one attached hydrogen (secondary N) is 1. The summed E-state index contributed by atoms with van der Waals surface area (Å²) in [6.07, 6.45) is 3.32. The van der Waals surface area contributed by atoms with Crippen molar-refractivity contribution < 1.29 is 0 Å². The van der Waals surface area contributed by atoms with E-state index in [2.05, 4.69) is 50.1 Å². The molecule has 0 radical (unpaired) electrons. The summed E-state index contributed by atoms with van der Waals surface area (Å²) in [7, 11) is 0. The van der Waals surface area contributed by atoms with Crippen molar-refractivity contribution in [2.75, 3.05) is 6.54 Å². The first-order valence-corrected chi connectivity index (χ1v) is 7.35. The minimum atomic E-state index is -0.206. The standard InChI is InChI=1S/C17H23N3O/c1-5-18-15(11-20-8-6-7-19-17(20)21)16-13(3)9-12(2)10-14(16)4/h6-10,15,18H,5,11H2,1-4H3. The van der Waals surface area contributed by atoms with Gasteiger partial charge in [0.05, 0.1) is 6.04 Å². The molecule has 0 spiro atoms. The molecule has 21 heavy (non-hydrogen) atoms. The third-order valence-electron chi connectivity index (χ3n) is 3.70. The fourth-order valence-electron chi connectivity index (χ4n) is 2.97. The Morgan fingerprint density at radius 1 is 1.24 bits per heavy atom. The van der Waals surface area contributed by atoms with E-state index in [4.69, 9.17) is 0 Å². The van der Waals surface area contributed by atoms with Gasteiger partial charge in [0.25, 0.3) is 0 Å². The van der Waals surface area contributed by atoms with Gasteiger partial charge in [0.1, 0.15) is 0 Å². The van der Waals surface area contributed by atoms with Gasteiger partial charge in [-0.2, -0.15) is 0 Å². The van der Waals surface area contributed by atoms with E-state index in [0.29, 0.717) is 6.54 Å². The first-order chi connectivity index (χ1) is 10.0. The number of aromatic nitrogens is 2. The molecular weight excluding hydrogens is 262 g/mol. The Kier molecular flexibility index (Phi) is 4.91. The van der Waals surface area contributed by atoms with E-state index in [0.717, 1.165) is 6.54 Å². The maximum Gasteiger partial charge on any atom is 0.347 e. The average Bonchev–Trinajstić information content (AvgIpc) is 2.40. The second-order valence-electron chi connectivity index (χ2n) is 5.48. The molecule has 1 aromatic heterocycles. The van der Waals surface area contributed by atoms with Gasteiger partial charge < -0.3 is 5.32 Å². The number of nitrogens with zero attached hydrogens (tertiary/aromatic N) is 2. The van der Waals surface area contributed by atoms with Crippen molar-refractivity contribution in [2.24, 2.45) is 0 Å². The van der Waals surface area contributed by atoms with E-state index >= 15 is 0 Å². The van der Waals surface area contributed by atoms with Gasteiger partial charge in [0.15, 0.2) is 0 Å². The number of likely N-dealkylation sites (N-methyl/N-ethyl adjacent to an activating group) is 1. The van der Waals surface area contributed by atoms with Crippen molar-refractivity contribution in [3.63, 3.8) is 0 Å². The Bertz CT molecular complexity index is 653. The van der Waals surface area contributed by atoms with Gasteiger partial charge in [0, 0.05) is 18.9 Å². The largest absolute Gasteiger partial charge is 0.347 e. The van der Waals surface area contributed by atoms with Crippen LogP contribution in [0.2, 0.25) is 0 Å². The highest BCUT2D eigenvalue weighted by molar-refractivity contribution is 5.39. The zero-order chi connectivity index (χ0) is 15.4. The van der Waals surface area contributed by atoms with E-state index in [9.17, 15) is 4.79 Å². The Hall–Kier alpha value is -1.94. The van der Waals surface area contributed by atoms with Crippen molar-refractivity contribution in [2.45, 2.75) is 40.3 Å². The molecule has 0 bridgehead atoms. The molecule has 4 heteroatoms. The molecule has 1 N–H and O–H groups in total. The van der Waals surface area contributed by atoms with Crippen molar-refractivity contribution in [1.29, 1.82) is 0 Å². The summed E-state index contributed by atoms with van der Waals surface area (Å²) < 4.78 is 1.66. The lowest BCUT2D eigenvalue weighted by Crippen LogP contribution is -2.32. The van der Waals surface area contributed by atoms with Gasteiger partial charge in [0.2, 0.25) is 0 Å². The highest BCUT2D eigenvalue weighted by Gasteiger charge is 2.16. The predicted octanol–water partition coefficient (Wildman–Crippen LogP) is 2.52. The summed E-state index contributed by atoms with van der Waals surface area (Å²) >= 11 is 0. The summed E-state index contributed by atoms with van der Waals surface area (Å²) in [5.41, 5.74) is 4.86. The highest BCUT2D eigenvalue weighted by Crippen LogP contribution is 2.24. The van der Waals surface area contributed by atoms with Crippen LogP contribution in [-0.4, -0.2) is 16.1 Å². The van der Waals surface area contributed by atoms with Crippen LogP contribution in [0.4, 0.5) is 0 Å². The quantitative estimate of drug-likeness (QED) is 0.918. The van der Waals surface area contributed by atoms with Crippen LogP contribution in [0.25, 0.3) is 0 Å². The topological polar surface area (TPSA) is 46.9 Å². The van der Waals surface area contributed by atoms with Gasteiger partial charge in [-0.05, 0) is 50.1 Å². The molecule has 1 unspecified atom stereocenters. The summed E-state index contributed by atoms with van der Waals surface area (Å²) in [4.78, 5) is 15.7. The Morgan fingerprint density at radius 2 is 1.90 bits per heavy atom. The molecule has 0 aliphatic carbocycles. The molecule has 0 amide bonds. The summed E-state index contributed by atoms with van der Waals surface area (Å²) in [6, 6.07) is 6.29. The first kappa shape index (κ1) is 15.4. The monoisotopic (exact) mass is 285 g/mol. The lowest BCUT2D eigenvalue weighted by atomic mass is 9.94. The number of benzene rings is 1. The van der Waals surface area contributed by atoms with Crippen LogP contribution in [0.5, 0.6) is 0 Å². The lowest BCUT2D eigenvalue weighted by Gasteiger charge is -2.23. The average molecular weight is 285 g/mol. The highest BCUT2D eigenvalue weighted by atomic mass is 16.1. The maximum absolute atomic E-state index is 11.8. The second-order valence-corrected chi connectivity index (χ2v) is 5.48. The normalized spacial score (nSPS) is 12.4. The third-order valence-corrected chi connectivity index (χ3v) is 3.70. The van der Waals surface area contributed by atoms with Gasteiger partial charge in [-0.3, -0.25) is 4.57 Å². The minimum absolute atomic E-state index is 0.109. The molecule has 0 fully saturated rings. The number of rotatable bonds is 5. The molecule has 0 saturated heterocycles. The molecule has 0 saturated carbocycles. The van der Waals surface area contributed by atoms with Crippen molar-refractivity contribution in [3.05, 3.63) is 63.3 Å². The van der Waals surface area contributed by atoms with E-state index < -0.39 is 0 Å². The molecule has 2 aromatic rings. The van der Waals surface area contributed by atoms with Crippen LogP contribution in [0.3, 0.4) is 0 Å². The first-order valence-electron chi connectivity index (χ1n) is 7.35. The molecule has 4 nitrogen and oxygen atoms in total. The summed E-state index contributed by atoms with van der Waals surface area (Å²) in [5, 5.41) is 3.49. The SMILES string of the molecule is CCNC(Cn1cccnc1=O)c1c(C)cc(C)cc1C. The second kappa shape index (κ2) is 6.68. The smallest absolute Gasteiger partial charge is 0.309 e. The zero-order valence-electron chi connectivity index (χ0n) is 13.2. The molecule has 1 heterocycles. The fourth-order valence-corrected chi connectivity index (χ4v) is 2.97. The van der Waals surface area contributed by atoms with Crippen molar-refractivity contribution >= 4 is 0 Å². The van der Waals surface area contributed by atoms with Crippen molar-refractivity contribution in [1.82, 2.24) is 14.9 Å². The molecule has 0 aliphatic rings. The molecule has 2 rings (SSSR count). The van der Waals surface area contributed by atoms with Crippen LogP contribution in [0, 0.1) is 20.8 Å². The van der Waals surface area contributed by atoms with Crippen LogP contribution in [0.1, 0.15) is 35.2 Å². The van der Waals surface area contributed by atoms with E-state index in [1.807, 2.05) is 0 Å². The lowest BCUT2D eigenvalue weighted by molar-refractivity contribution is 0.459. The van der Waals surface area contributed by atoms with Crippen LogP contribution in [0.15, 0.2) is 35.4 Å². The fraction of sp³-hybridized carbons (Fsp3) is 0.412. The maximum atomic E-state index is 11.8. The summed E-state index contributed by atoms with van der Waals surface area (Å²) in [5.74, 6) is 0. The predicted molar refractivity (Wildman–Crippen MR) is 85.6 cm³/mol. The minimum Gasteiger partial charge on any atom is -0.309 e. The molecule has 1 atom stereocenters. The van der Waals surface area contributed by atoms with Gasteiger partial charge >= 0.3 is 5.69 Å². The van der Waals surface area contributed by atoms with Gasteiger partial charge in [-0.15, -0.1) is 0 Å². The van der Waals surface area contributed by atoms with Crippen molar-refractivity contribution in [3.8, 4) is 0 Å². The number of aryl methyl sites for hydroxylation is 3. The Labute approximate surface area is 125 Å². The van der Waals surface area contributed by atoms with E-state index in [1.54, 1.807) is 16.8 Å². The molecular formula is C17H23N3O. The number of hydrogen-bond acceptors (Lipinski definition) is 3. The Balaban J connectivity index is 2.40. The summed E-state index contributed by atoms with van der Waals surface area (Å²) in [6.45, 7) is 9.89. The molecule has 1 aromatic carbocycles. The zero-order valence-corrected chi connectivity index (χ0v) is 13.2. The van der Waals surface area contributed by atoms with Gasteiger partial charge in [-0.25, -0.2) is 9.78 Å². The van der Waals surface area contributed by atoms with Crippen LogP contribution >= 0.6 is 0 Å². The van der Waals surface area contributed by atoms with E-state index in [-0.39, 0.29) is 11.7 Å². The van der Waals surface area contributed by atoms with E-state index in [1.165, 1.54) is 28.5 Å². The van der Waals surface area contributed by atoms with Gasteiger partial charge in [-0.1, -0.05) is 24.6 Å².